The minimum absolute atomic E-state index is 0.0175. The number of carboxylic acid groups (broad SMARTS) is 1. The second-order valence-electron chi connectivity index (χ2n) is 4.38. The average Bonchev–Trinajstić information content (AvgIpc) is 3.01. The van der Waals surface area contributed by atoms with Gasteiger partial charge in [-0.05, 0) is 35.5 Å². The van der Waals surface area contributed by atoms with Crippen LogP contribution in [0.2, 0.25) is 0 Å². The first-order chi connectivity index (χ1) is 11.1. The molecule has 0 aliphatic carbocycles. The number of carbonyl (C=O) groups excluding carboxylic acids is 1. The van der Waals surface area contributed by atoms with Gasteiger partial charge in [-0.3, -0.25) is 5.10 Å². The Labute approximate surface area is 138 Å². The van der Waals surface area contributed by atoms with Gasteiger partial charge in [0.15, 0.2) is 0 Å². The molecular formula is C16H14N3O3S-. The highest BCUT2D eigenvalue weighted by Gasteiger charge is 2.08. The maximum absolute atomic E-state index is 11.3. The third kappa shape index (κ3) is 4.90. The van der Waals surface area contributed by atoms with Crippen LogP contribution in [0.3, 0.4) is 0 Å². The number of aryl methyl sites for hydroxylation is 1. The summed E-state index contributed by atoms with van der Waals surface area (Å²) in [6.45, 7) is 2.11. The molecule has 1 aromatic heterocycles. The van der Waals surface area contributed by atoms with E-state index in [0.29, 0.717) is 28.7 Å². The summed E-state index contributed by atoms with van der Waals surface area (Å²) in [5, 5.41) is 18.3. The van der Waals surface area contributed by atoms with E-state index in [-0.39, 0.29) is 11.5 Å². The molecule has 23 heavy (non-hydrogen) atoms. The number of aromatic amines is 1. The van der Waals surface area contributed by atoms with E-state index in [1.165, 1.54) is 6.08 Å². The highest BCUT2D eigenvalue weighted by Crippen LogP contribution is 2.25. The van der Waals surface area contributed by atoms with Crippen LogP contribution >= 0.6 is 11.8 Å². The van der Waals surface area contributed by atoms with Crippen LogP contribution in [0.5, 0.6) is 5.75 Å². The van der Waals surface area contributed by atoms with E-state index in [2.05, 4.69) is 21.1 Å². The van der Waals surface area contributed by atoms with Crippen molar-refractivity contribution in [2.75, 3.05) is 6.61 Å². The summed E-state index contributed by atoms with van der Waals surface area (Å²) in [4.78, 5) is 15.5. The van der Waals surface area contributed by atoms with Gasteiger partial charge in [0.2, 0.25) is 5.16 Å². The van der Waals surface area contributed by atoms with Crippen molar-refractivity contribution in [3.05, 3.63) is 40.6 Å². The number of hydrogen-bond acceptors (Lipinski definition) is 6. The second-order valence-corrected chi connectivity index (χ2v) is 5.39. The molecule has 2 aromatic rings. The number of nitrogens with one attached hydrogen (secondary N) is 1. The SMILES string of the molecule is C#CCOc1ccc(/C=C(\Sc2n[nH]c(CC)n2)C(=O)[O-])cc1. The van der Waals surface area contributed by atoms with Crippen molar-refractivity contribution >= 4 is 23.8 Å². The Morgan fingerprint density at radius 1 is 1.48 bits per heavy atom. The molecule has 0 atom stereocenters. The van der Waals surface area contributed by atoms with E-state index in [4.69, 9.17) is 11.2 Å². The normalized spacial score (nSPS) is 11.0. The lowest BCUT2D eigenvalue weighted by Crippen LogP contribution is -2.23. The Bertz CT molecular complexity index is 745. The Hall–Kier alpha value is -2.72. The molecule has 0 fully saturated rings. The van der Waals surface area contributed by atoms with Gasteiger partial charge in [-0.1, -0.05) is 25.0 Å². The molecule has 0 amide bonds. The Balaban J connectivity index is 2.14. The predicted octanol–water partition coefficient (Wildman–Crippen LogP) is 1.26. The number of hydrogen-bond donors (Lipinski definition) is 1. The number of terminal acetylenes is 1. The van der Waals surface area contributed by atoms with Crippen LogP contribution in [0.25, 0.3) is 6.08 Å². The maximum atomic E-state index is 11.3. The first kappa shape index (κ1) is 16.6. The van der Waals surface area contributed by atoms with Crippen molar-refractivity contribution in [1.29, 1.82) is 0 Å². The minimum Gasteiger partial charge on any atom is -0.544 e. The molecule has 0 bridgehead atoms. The van der Waals surface area contributed by atoms with E-state index in [9.17, 15) is 9.90 Å². The molecule has 0 spiro atoms. The van der Waals surface area contributed by atoms with Gasteiger partial charge in [0, 0.05) is 11.3 Å². The summed E-state index contributed by atoms with van der Waals surface area (Å²) in [7, 11) is 0. The first-order valence-electron chi connectivity index (χ1n) is 6.81. The highest BCUT2D eigenvalue weighted by atomic mass is 32.2. The van der Waals surface area contributed by atoms with Crippen LogP contribution in [0.1, 0.15) is 18.3 Å². The van der Waals surface area contributed by atoms with Crippen molar-refractivity contribution in [1.82, 2.24) is 15.2 Å². The topological polar surface area (TPSA) is 90.9 Å². The summed E-state index contributed by atoms with van der Waals surface area (Å²) < 4.78 is 5.26. The number of aliphatic carboxylic acids is 1. The first-order valence-corrected chi connectivity index (χ1v) is 7.62. The molecule has 0 saturated heterocycles. The summed E-state index contributed by atoms with van der Waals surface area (Å²) >= 11 is 0.934. The lowest BCUT2D eigenvalue weighted by atomic mass is 10.2. The van der Waals surface area contributed by atoms with E-state index in [1.807, 2.05) is 6.92 Å². The largest absolute Gasteiger partial charge is 0.544 e. The molecule has 2 rings (SSSR count). The zero-order chi connectivity index (χ0) is 16.7. The summed E-state index contributed by atoms with van der Waals surface area (Å²) in [5.41, 5.74) is 0.691. The summed E-state index contributed by atoms with van der Waals surface area (Å²) in [6.07, 6.45) is 7.30. The van der Waals surface area contributed by atoms with Crippen molar-refractivity contribution in [3.8, 4) is 18.1 Å². The molecule has 0 radical (unpaired) electrons. The van der Waals surface area contributed by atoms with Crippen LogP contribution in [-0.2, 0) is 11.2 Å². The van der Waals surface area contributed by atoms with Gasteiger partial charge in [-0.2, -0.15) is 0 Å². The standard InChI is InChI=1S/C16H15N3O3S/c1-3-9-22-12-7-5-11(6-8-12)10-13(15(20)21)23-16-17-14(4-2)18-19-16/h1,5-8,10H,4,9H2,2H3,(H,20,21)(H,17,18,19)/p-1/b13-10-. The smallest absolute Gasteiger partial charge is 0.213 e. The minimum atomic E-state index is -1.29. The zero-order valence-corrected chi connectivity index (χ0v) is 13.2. The molecule has 1 aromatic carbocycles. The number of rotatable bonds is 7. The van der Waals surface area contributed by atoms with Crippen LogP contribution in [0.15, 0.2) is 34.3 Å². The Morgan fingerprint density at radius 2 is 2.22 bits per heavy atom. The average molecular weight is 328 g/mol. The zero-order valence-electron chi connectivity index (χ0n) is 12.4. The van der Waals surface area contributed by atoms with Crippen molar-refractivity contribution in [2.45, 2.75) is 18.5 Å². The molecule has 1 heterocycles. The van der Waals surface area contributed by atoms with E-state index in [0.717, 1.165) is 11.8 Å². The molecular weight excluding hydrogens is 314 g/mol. The van der Waals surface area contributed by atoms with Gasteiger partial charge >= 0.3 is 0 Å². The highest BCUT2D eigenvalue weighted by molar-refractivity contribution is 8.04. The van der Waals surface area contributed by atoms with Crippen LogP contribution in [-0.4, -0.2) is 27.8 Å². The third-order valence-electron chi connectivity index (χ3n) is 2.75. The molecule has 118 valence electrons. The third-order valence-corrected chi connectivity index (χ3v) is 3.62. The van der Waals surface area contributed by atoms with E-state index in [1.54, 1.807) is 24.3 Å². The number of carboxylic acids is 1. The molecule has 1 N–H and O–H groups in total. The maximum Gasteiger partial charge on any atom is 0.213 e. The van der Waals surface area contributed by atoms with Gasteiger partial charge in [-0.25, -0.2) is 4.98 Å². The fourth-order valence-electron chi connectivity index (χ4n) is 1.65. The summed E-state index contributed by atoms with van der Waals surface area (Å²) in [5.74, 6) is 2.39. The lowest BCUT2D eigenvalue weighted by molar-refractivity contribution is -0.297. The van der Waals surface area contributed by atoms with E-state index < -0.39 is 5.97 Å². The van der Waals surface area contributed by atoms with Crippen molar-refractivity contribution in [3.63, 3.8) is 0 Å². The monoisotopic (exact) mass is 328 g/mol. The Morgan fingerprint density at radius 3 is 2.78 bits per heavy atom. The fourth-order valence-corrected chi connectivity index (χ4v) is 2.37. The molecule has 0 saturated carbocycles. The molecule has 7 heteroatoms. The number of thioether (sulfide) groups is 1. The number of carbonyl (C=O) groups is 1. The molecule has 0 aliphatic heterocycles. The molecule has 0 unspecified atom stereocenters. The summed E-state index contributed by atoms with van der Waals surface area (Å²) in [6, 6.07) is 6.88. The quantitative estimate of drug-likeness (QED) is 0.467. The van der Waals surface area contributed by atoms with Crippen molar-refractivity contribution < 1.29 is 14.6 Å². The number of benzene rings is 1. The number of nitrogens with zero attached hydrogens (tertiary/aromatic N) is 2. The fraction of sp³-hybridized carbons (Fsp3) is 0.188. The Kier molecular flexibility index (Phi) is 5.83. The van der Waals surface area contributed by atoms with Crippen LogP contribution in [0, 0.1) is 12.3 Å². The van der Waals surface area contributed by atoms with Gasteiger partial charge < -0.3 is 14.6 Å². The second kappa shape index (κ2) is 8.06. The van der Waals surface area contributed by atoms with Crippen LogP contribution < -0.4 is 9.84 Å². The number of H-pyrrole nitrogens is 1. The van der Waals surface area contributed by atoms with Crippen LogP contribution in [0.4, 0.5) is 0 Å². The van der Waals surface area contributed by atoms with Gasteiger partial charge in [0.25, 0.3) is 0 Å². The van der Waals surface area contributed by atoms with Gasteiger partial charge in [0.05, 0.1) is 5.97 Å². The molecule has 6 nitrogen and oxygen atoms in total. The number of aromatic nitrogens is 3. The van der Waals surface area contributed by atoms with Crippen molar-refractivity contribution in [2.24, 2.45) is 0 Å². The van der Waals surface area contributed by atoms with Gasteiger partial charge in [-0.15, -0.1) is 11.5 Å². The number of ether oxygens (including phenoxy) is 1. The van der Waals surface area contributed by atoms with Gasteiger partial charge in [0.1, 0.15) is 18.2 Å². The lowest BCUT2D eigenvalue weighted by Gasteiger charge is -2.06. The predicted molar refractivity (Wildman–Crippen MR) is 85.4 cm³/mol. The van der Waals surface area contributed by atoms with E-state index >= 15 is 0 Å². The molecule has 0 aliphatic rings.